The van der Waals surface area contributed by atoms with E-state index in [0.29, 0.717) is 18.7 Å². The number of likely N-dealkylation sites (tertiary alicyclic amines) is 1. The van der Waals surface area contributed by atoms with Gasteiger partial charge in [-0.25, -0.2) is 9.97 Å². The molecule has 1 aliphatic heterocycles. The van der Waals surface area contributed by atoms with Gasteiger partial charge in [-0.1, -0.05) is 12.1 Å². The summed E-state index contributed by atoms with van der Waals surface area (Å²) in [6, 6.07) is 7.26. The summed E-state index contributed by atoms with van der Waals surface area (Å²) in [5.74, 6) is -0.507. The molecule has 1 atom stereocenters. The van der Waals surface area contributed by atoms with E-state index in [0.717, 1.165) is 24.0 Å². The molecule has 1 saturated heterocycles. The van der Waals surface area contributed by atoms with Gasteiger partial charge < -0.3 is 16.4 Å². The summed E-state index contributed by atoms with van der Waals surface area (Å²) in [7, 11) is 0. The maximum atomic E-state index is 12.7. The zero-order chi connectivity index (χ0) is 17.1. The zero-order valence-electron chi connectivity index (χ0n) is 13.2. The number of aromatic nitrogens is 2. The van der Waals surface area contributed by atoms with Crippen molar-refractivity contribution in [2.75, 3.05) is 18.8 Å². The Labute approximate surface area is 139 Å². The van der Waals surface area contributed by atoms with E-state index in [4.69, 9.17) is 11.5 Å². The molecular weight excluding hydrogens is 306 g/mol. The maximum absolute atomic E-state index is 12.7. The lowest BCUT2D eigenvalue weighted by molar-refractivity contribution is -0.123. The largest absolute Gasteiger partial charge is 0.369 e. The van der Waals surface area contributed by atoms with E-state index in [2.05, 4.69) is 9.97 Å². The lowest BCUT2D eigenvalue weighted by Gasteiger charge is -2.31. The molecule has 0 aliphatic carbocycles. The van der Waals surface area contributed by atoms with Crippen LogP contribution in [0.3, 0.4) is 0 Å². The number of anilines is 1. The molecule has 7 heteroatoms. The van der Waals surface area contributed by atoms with Gasteiger partial charge in [-0.3, -0.25) is 9.59 Å². The van der Waals surface area contributed by atoms with Gasteiger partial charge in [-0.15, -0.1) is 0 Å². The van der Waals surface area contributed by atoms with E-state index in [9.17, 15) is 9.59 Å². The van der Waals surface area contributed by atoms with Crippen LogP contribution in [-0.4, -0.2) is 39.8 Å². The van der Waals surface area contributed by atoms with Gasteiger partial charge in [0.25, 0.3) is 5.91 Å². The van der Waals surface area contributed by atoms with Crippen LogP contribution >= 0.6 is 0 Å². The molecule has 0 bridgehead atoms. The Morgan fingerprint density at radius 3 is 2.62 bits per heavy atom. The van der Waals surface area contributed by atoms with Crippen LogP contribution in [0.4, 0.5) is 5.95 Å². The monoisotopic (exact) mass is 325 g/mol. The van der Waals surface area contributed by atoms with Gasteiger partial charge in [0.15, 0.2) is 0 Å². The fourth-order valence-corrected chi connectivity index (χ4v) is 2.90. The van der Waals surface area contributed by atoms with Gasteiger partial charge in [0.05, 0.1) is 5.92 Å². The number of nitrogens with two attached hydrogens (primary N) is 2. The summed E-state index contributed by atoms with van der Waals surface area (Å²) in [6.07, 6.45) is 4.76. The number of carbonyl (C=O) groups excluding carboxylic acids is 2. The third-order valence-corrected chi connectivity index (χ3v) is 4.23. The van der Waals surface area contributed by atoms with Crippen LogP contribution in [-0.2, 0) is 4.79 Å². The van der Waals surface area contributed by atoms with Crippen LogP contribution in [0.1, 0.15) is 23.2 Å². The lowest BCUT2D eigenvalue weighted by Crippen LogP contribution is -2.44. The van der Waals surface area contributed by atoms with E-state index in [1.807, 2.05) is 12.1 Å². The van der Waals surface area contributed by atoms with E-state index in [-0.39, 0.29) is 23.7 Å². The average molecular weight is 325 g/mol. The number of nitrogens with zero attached hydrogens (tertiary/aromatic N) is 3. The molecule has 2 aromatic rings. The molecular formula is C17H19N5O2. The Morgan fingerprint density at radius 2 is 1.92 bits per heavy atom. The fraction of sp³-hybridized carbons (Fsp3) is 0.294. The minimum Gasteiger partial charge on any atom is -0.369 e. The molecule has 24 heavy (non-hydrogen) atoms. The quantitative estimate of drug-likeness (QED) is 0.875. The van der Waals surface area contributed by atoms with Crippen LogP contribution in [0.2, 0.25) is 0 Å². The maximum Gasteiger partial charge on any atom is 0.253 e. The van der Waals surface area contributed by atoms with Gasteiger partial charge in [0, 0.05) is 36.6 Å². The molecule has 1 aliphatic rings. The third kappa shape index (κ3) is 3.34. The minimum absolute atomic E-state index is 0.0980. The van der Waals surface area contributed by atoms with Gasteiger partial charge >= 0.3 is 0 Å². The molecule has 2 amide bonds. The van der Waals surface area contributed by atoms with Gasteiger partial charge in [-0.2, -0.15) is 0 Å². The summed E-state index contributed by atoms with van der Waals surface area (Å²) < 4.78 is 0. The van der Waals surface area contributed by atoms with Crippen LogP contribution in [0, 0.1) is 5.92 Å². The van der Waals surface area contributed by atoms with E-state index in [1.54, 1.807) is 29.4 Å². The summed E-state index contributed by atoms with van der Waals surface area (Å²) in [4.78, 5) is 33.7. The van der Waals surface area contributed by atoms with Crippen molar-refractivity contribution < 1.29 is 9.59 Å². The number of piperidine rings is 1. The molecule has 0 radical (unpaired) electrons. The Hall–Kier alpha value is -2.96. The topological polar surface area (TPSA) is 115 Å². The summed E-state index contributed by atoms with van der Waals surface area (Å²) in [5, 5.41) is 0. The van der Waals surface area contributed by atoms with E-state index >= 15 is 0 Å². The predicted octanol–water partition coefficient (Wildman–Crippen LogP) is 1.06. The molecule has 2 heterocycles. The van der Waals surface area contributed by atoms with Crippen molar-refractivity contribution in [3.05, 3.63) is 42.2 Å². The highest BCUT2D eigenvalue weighted by Gasteiger charge is 2.27. The number of benzene rings is 1. The second-order valence-electron chi connectivity index (χ2n) is 5.90. The molecule has 0 unspecified atom stereocenters. The molecule has 124 valence electrons. The Bertz CT molecular complexity index is 760. The smallest absolute Gasteiger partial charge is 0.253 e. The van der Waals surface area contributed by atoms with Gasteiger partial charge in [0.1, 0.15) is 0 Å². The van der Waals surface area contributed by atoms with Crippen molar-refractivity contribution in [3.8, 4) is 11.1 Å². The van der Waals surface area contributed by atoms with Gasteiger partial charge in [0.2, 0.25) is 11.9 Å². The summed E-state index contributed by atoms with van der Waals surface area (Å²) in [5.41, 5.74) is 13.1. The number of nitrogen functional groups attached to an aromatic ring is 1. The van der Waals surface area contributed by atoms with Gasteiger partial charge in [-0.05, 0) is 30.5 Å². The Balaban J connectivity index is 1.81. The number of rotatable bonds is 3. The molecule has 0 spiro atoms. The Kier molecular flexibility index (Phi) is 4.41. The normalized spacial score (nSPS) is 17.5. The molecule has 1 fully saturated rings. The van der Waals surface area contributed by atoms with Crippen molar-refractivity contribution >= 4 is 17.8 Å². The fourth-order valence-electron chi connectivity index (χ4n) is 2.90. The molecule has 4 N–H and O–H groups in total. The van der Waals surface area contributed by atoms with E-state index in [1.165, 1.54) is 0 Å². The SMILES string of the molecule is NC(=O)[C@H]1CCCN(C(=O)c2cccc(-c3cnc(N)nc3)c2)C1. The zero-order valence-corrected chi connectivity index (χ0v) is 13.2. The summed E-state index contributed by atoms with van der Waals surface area (Å²) in [6.45, 7) is 1.02. The highest BCUT2D eigenvalue weighted by atomic mass is 16.2. The standard InChI is InChI=1S/C17H19N5O2/c18-15(23)13-5-2-6-22(10-13)16(24)12-4-1-3-11(7-12)14-8-20-17(19)21-9-14/h1,3-4,7-9,13H,2,5-6,10H2,(H2,18,23)(H2,19,20,21)/t13-/m0/s1. The van der Waals surface area contributed by atoms with E-state index < -0.39 is 0 Å². The second-order valence-corrected chi connectivity index (χ2v) is 5.90. The molecule has 0 saturated carbocycles. The van der Waals surface area contributed by atoms with Crippen molar-refractivity contribution in [3.63, 3.8) is 0 Å². The van der Waals surface area contributed by atoms with Crippen LogP contribution in [0.5, 0.6) is 0 Å². The van der Waals surface area contributed by atoms with Crippen molar-refractivity contribution in [1.29, 1.82) is 0 Å². The van der Waals surface area contributed by atoms with Crippen molar-refractivity contribution in [2.45, 2.75) is 12.8 Å². The number of carbonyl (C=O) groups is 2. The first kappa shape index (κ1) is 15.9. The van der Waals surface area contributed by atoms with Crippen LogP contribution < -0.4 is 11.5 Å². The second kappa shape index (κ2) is 6.66. The predicted molar refractivity (Wildman–Crippen MR) is 89.7 cm³/mol. The van der Waals surface area contributed by atoms with Crippen LogP contribution in [0.25, 0.3) is 11.1 Å². The number of hydrogen-bond acceptors (Lipinski definition) is 5. The number of hydrogen-bond donors (Lipinski definition) is 2. The first-order valence-corrected chi connectivity index (χ1v) is 7.81. The molecule has 1 aromatic heterocycles. The summed E-state index contributed by atoms with van der Waals surface area (Å²) >= 11 is 0. The van der Waals surface area contributed by atoms with Crippen molar-refractivity contribution in [2.24, 2.45) is 11.7 Å². The Morgan fingerprint density at radius 1 is 1.17 bits per heavy atom. The third-order valence-electron chi connectivity index (χ3n) is 4.23. The van der Waals surface area contributed by atoms with Crippen molar-refractivity contribution in [1.82, 2.24) is 14.9 Å². The first-order chi connectivity index (χ1) is 11.5. The van der Waals surface area contributed by atoms with Crippen LogP contribution in [0.15, 0.2) is 36.7 Å². The minimum atomic E-state index is -0.347. The number of amides is 2. The highest BCUT2D eigenvalue weighted by Crippen LogP contribution is 2.22. The first-order valence-electron chi connectivity index (χ1n) is 7.81. The number of primary amides is 1. The molecule has 3 rings (SSSR count). The lowest BCUT2D eigenvalue weighted by atomic mass is 9.96. The molecule has 1 aromatic carbocycles. The average Bonchev–Trinajstić information content (AvgIpc) is 2.62. The molecule has 7 nitrogen and oxygen atoms in total. The highest BCUT2D eigenvalue weighted by molar-refractivity contribution is 5.96.